The van der Waals surface area contributed by atoms with E-state index in [-0.39, 0.29) is 6.04 Å². The lowest BCUT2D eigenvalue weighted by molar-refractivity contribution is 0.287. The molecule has 0 aliphatic heterocycles. The third kappa shape index (κ3) is 2.80. The molecule has 0 radical (unpaired) electrons. The number of para-hydroxylation sites is 3. The quantitative estimate of drug-likeness (QED) is 0.779. The Hall–Kier alpha value is -2.04. The molecule has 1 heterocycles. The van der Waals surface area contributed by atoms with Crippen molar-refractivity contribution in [2.24, 2.45) is 5.73 Å². The number of hydrogen-bond acceptors (Lipinski definition) is 3. The first-order valence-corrected chi connectivity index (χ1v) is 7.61. The Morgan fingerprint density at radius 2 is 1.91 bits per heavy atom. The van der Waals surface area contributed by atoms with Gasteiger partial charge in [-0.3, -0.25) is 0 Å². The number of fused-ring (bicyclic) bond motifs is 1. The molecule has 22 heavy (non-hydrogen) atoms. The maximum Gasteiger partial charge on any atom is 0.148 e. The van der Waals surface area contributed by atoms with Crippen molar-refractivity contribution in [3.8, 4) is 5.75 Å². The van der Waals surface area contributed by atoms with Crippen LogP contribution in [0.5, 0.6) is 5.75 Å². The first-order valence-electron chi connectivity index (χ1n) is 7.24. The highest BCUT2D eigenvalue weighted by Gasteiger charge is 2.15. The zero-order valence-corrected chi connectivity index (χ0v) is 13.1. The van der Waals surface area contributed by atoms with Crippen molar-refractivity contribution >= 4 is 22.6 Å². The van der Waals surface area contributed by atoms with Crippen LogP contribution in [0, 0.1) is 0 Å². The largest absolute Gasteiger partial charge is 0.484 e. The van der Waals surface area contributed by atoms with Crippen LogP contribution in [0.4, 0.5) is 0 Å². The molecule has 1 atom stereocenters. The van der Waals surface area contributed by atoms with Crippen LogP contribution in [-0.2, 0) is 6.61 Å². The summed E-state index contributed by atoms with van der Waals surface area (Å²) in [4.78, 5) is 4.67. The fourth-order valence-corrected chi connectivity index (χ4v) is 2.69. The van der Waals surface area contributed by atoms with Gasteiger partial charge in [0.2, 0.25) is 0 Å². The number of nitrogens with zero attached hydrogens (tertiary/aromatic N) is 2. The summed E-state index contributed by atoms with van der Waals surface area (Å²) in [5, 5.41) is 0.594. The minimum Gasteiger partial charge on any atom is -0.484 e. The fraction of sp³-hybridized carbons (Fsp3) is 0.235. The van der Waals surface area contributed by atoms with Gasteiger partial charge in [-0.1, -0.05) is 35.9 Å². The van der Waals surface area contributed by atoms with E-state index in [2.05, 4.69) is 16.5 Å². The highest BCUT2D eigenvalue weighted by atomic mass is 35.5. The van der Waals surface area contributed by atoms with E-state index < -0.39 is 0 Å². The molecule has 1 unspecified atom stereocenters. The molecule has 2 N–H and O–H groups in total. The lowest BCUT2D eigenvalue weighted by Crippen LogP contribution is -2.19. The zero-order valence-electron chi connectivity index (χ0n) is 12.4. The van der Waals surface area contributed by atoms with Crippen molar-refractivity contribution < 1.29 is 4.74 Å². The van der Waals surface area contributed by atoms with E-state index >= 15 is 0 Å². The zero-order chi connectivity index (χ0) is 15.5. The van der Waals surface area contributed by atoms with E-state index in [1.54, 1.807) is 0 Å². The van der Waals surface area contributed by atoms with Crippen LogP contribution in [0.3, 0.4) is 0 Å². The number of hydrogen-bond donors (Lipinski definition) is 1. The Morgan fingerprint density at radius 1 is 1.18 bits per heavy atom. The van der Waals surface area contributed by atoms with E-state index in [1.807, 2.05) is 48.5 Å². The van der Waals surface area contributed by atoms with Gasteiger partial charge < -0.3 is 15.0 Å². The summed E-state index contributed by atoms with van der Waals surface area (Å²) in [6.07, 6.45) is 0. The predicted octanol–water partition coefficient (Wildman–Crippen LogP) is 3.79. The lowest BCUT2D eigenvalue weighted by atomic mass is 10.2. The molecule has 0 aliphatic rings. The number of rotatable bonds is 5. The Morgan fingerprint density at radius 3 is 2.68 bits per heavy atom. The Labute approximate surface area is 134 Å². The van der Waals surface area contributed by atoms with Crippen LogP contribution in [0.1, 0.15) is 18.8 Å². The summed E-state index contributed by atoms with van der Waals surface area (Å²) in [6.45, 7) is 2.97. The smallest absolute Gasteiger partial charge is 0.148 e. The van der Waals surface area contributed by atoms with E-state index in [1.165, 1.54) is 0 Å². The Balaban J connectivity index is 1.94. The highest BCUT2D eigenvalue weighted by Crippen LogP contribution is 2.26. The number of benzene rings is 2. The van der Waals surface area contributed by atoms with Gasteiger partial charge in [0.1, 0.15) is 18.2 Å². The van der Waals surface area contributed by atoms with Crippen LogP contribution < -0.4 is 10.5 Å². The van der Waals surface area contributed by atoms with Gasteiger partial charge >= 0.3 is 0 Å². The number of nitrogens with two attached hydrogens (primary N) is 1. The summed E-state index contributed by atoms with van der Waals surface area (Å²) in [5.74, 6) is 1.50. The maximum absolute atomic E-state index is 6.13. The molecule has 5 heteroatoms. The molecule has 0 fully saturated rings. The lowest BCUT2D eigenvalue weighted by Gasteiger charge is -2.16. The van der Waals surface area contributed by atoms with Gasteiger partial charge in [0, 0.05) is 12.6 Å². The normalized spacial score (nSPS) is 12.5. The number of aromatic nitrogens is 2. The van der Waals surface area contributed by atoms with E-state index in [4.69, 9.17) is 22.1 Å². The third-order valence-electron chi connectivity index (χ3n) is 3.64. The van der Waals surface area contributed by atoms with Gasteiger partial charge in [-0.05, 0) is 31.2 Å². The van der Waals surface area contributed by atoms with Crippen molar-refractivity contribution in [2.75, 3.05) is 6.54 Å². The highest BCUT2D eigenvalue weighted by molar-refractivity contribution is 6.32. The number of halogens is 1. The topological polar surface area (TPSA) is 53.1 Å². The van der Waals surface area contributed by atoms with E-state index in [9.17, 15) is 0 Å². The average Bonchev–Trinajstić information content (AvgIpc) is 2.91. The van der Waals surface area contributed by atoms with Gasteiger partial charge in [0.25, 0.3) is 0 Å². The van der Waals surface area contributed by atoms with Crippen LogP contribution in [0.2, 0.25) is 5.02 Å². The summed E-state index contributed by atoms with van der Waals surface area (Å²) in [5.41, 5.74) is 7.86. The molecule has 0 amide bonds. The number of ether oxygens (including phenoxy) is 1. The molecule has 2 aromatic carbocycles. The second-order valence-electron chi connectivity index (χ2n) is 5.19. The van der Waals surface area contributed by atoms with Gasteiger partial charge in [-0.15, -0.1) is 0 Å². The molecule has 3 aromatic rings. The molecule has 0 bridgehead atoms. The first-order chi connectivity index (χ1) is 10.7. The Kier molecular flexibility index (Phi) is 4.32. The molecule has 0 spiro atoms. The first kappa shape index (κ1) is 14.9. The van der Waals surface area contributed by atoms with Gasteiger partial charge in [-0.25, -0.2) is 4.98 Å². The molecule has 4 nitrogen and oxygen atoms in total. The maximum atomic E-state index is 6.13. The molecule has 0 saturated carbocycles. The second kappa shape index (κ2) is 6.38. The van der Waals surface area contributed by atoms with Gasteiger partial charge in [-0.2, -0.15) is 0 Å². The average molecular weight is 316 g/mol. The molecular weight excluding hydrogens is 298 g/mol. The number of imidazole rings is 1. The monoisotopic (exact) mass is 315 g/mol. The SMILES string of the molecule is CC(CN)n1c(COc2ccccc2Cl)nc2ccccc21. The molecule has 114 valence electrons. The van der Waals surface area contributed by atoms with Crippen molar-refractivity contribution in [3.05, 3.63) is 59.4 Å². The summed E-state index contributed by atoms with van der Waals surface area (Å²) in [7, 11) is 0. The molecule has 1 aromatic heterocycles. The molecular formula is C17H18ClN3O. The van der Waals surface area contributed by atoms with Crippen LogP contribution in [0.25, 0.3) is 11.0 Å². The van der Waals surface area contributed by atoms with Crippen molar-refractivity contribution in [1.82, 2.24) is 9.55 Å². The van der Waals surface area contributed by atoms with Gasteiger partial charge in [0.05, 0.1) is 16.1 Å². The molecule has 0 saturated heterocycles. The minimum atomic E-state index is 0.150. The van der Waals surface area contributed by atoms with E-state index in [0.717, 1.165) is 16.9 Å². The summed E-state index contributed by atoms with van der Waals surface area (Å²) in [6, 6.07) is 15.6. The van der Waals surface area contributed by atoms with Crippen molar-refractivity contribution in [2.45, 2.75) is 19.6 Å². The molecule has 3 rings (SSSR count). The standard InChI is InChI=1S/C17H18ClN3O/c1-12(10-19)21-15-8-4-3-7-14(15)20-17(21)11-22-16-9-5-2-6-13(16)18/h2-9,12H,10-11,19H2,1H3. The predicted molar refractivity (Wildman–Crippen MR) is 89.3 cm³/mol. The van der Waals surface area contributed by atoms with Crippen molar-refractivity contribution in [3.63, 3.8) is 0 Å². The fourth-order valence-electron chi connectivity index (χ4n) is 2.50. The minimum absolute atomic E-state index is 0.150. The molecule has 0 aliphatic carbocycles. The van der Waals surface area contributed by atoms with Crippen LogP contribution in [0.15, 0.2) is 48.5 Å². The van der Waals surface area contributed by atoms with Gasteiger partial charge in [0.15, 0.2) is 0 Å². The Bertz CT molecular complexity index is 784. The summed E-state index contributed by atoms with van der Waals surface area (Å²) < 4.78 is 7.96. The third-order valence-corrected chi connectivity index (χ3v) is 3.96. The van der Waals surface area contributed by atoms with Crippen LogP contribution >= 0.6 is 11.6 Å². The second-order valence-corrected chi connectivity index (χ2v) is 5.60. The summed E-state index contributed by atoms with van der Waals surface area (Å²) >= 11 is 6.13. The van der Waals surface area contributed by atoms with Crippen LogP contribution in [-0.4, -0.2) is 16.1 Å². The van der Waals surface area contributed by atoms with E-state index in [0.29, 0.717) is 23.9 Å². The van der Waals surface area contributed by atoms with Crippen molar-refractivity contribution in [1.29, 1.82) is 0 Å².